The highest BCUT2D eigenvalue weighted by atomic mass is 32.2. The van der Waals surface area contributed by atoms with Crippen LogP contribution >= 0.6 is 0 Å². The van der Waals surface area contributed by atoms with Crippen molar-refractivity contribution < 1.29 is 13.2 Å². The van der Waals surface area contributed by atoms with Gasteiger partial charge in [0.2, 0.25) is 10.0 Å². The van der Waals surface area contributed by atoms with E-state index < -0.39 is 16.1 Å². The van der Waals surface area contributed by atoms with Crippen molar-refractivity contribution in [2.75, 3.05) is 7.11 Å². The lowest BCUT2D eigenvalue weighted by Crippen LogP contribution is -2.33. The minimum absolute atomic E-state index is 0.227. The third kappa shape index (κ3) is 3.33. The lowest BCUT2D eigenvalue weighted by molar-refractivity contribution is 0.177. The molecule has 27 heavy (non-hydrogen) atoms. The summed E-state index contributed by atoms with van der Waals surface area (Å²) in [5.74, 6) is 1.19. The topological polar surface area (TPSA) is 99.0 Å². The van der Waals surface area contributed by atoms with Crippen LogP contribution in [-0.4, -0.2) is 35.3 Å². The highest BCUT2D eigenvalue weighted by Gasteiger charge is 2.30. The number of ether oxygens (including phenoxy) is 1. The van der Waals surface area contributed by atoms with Gasteiger partial charge < -0.3 is 4.74 Å². The number of nitrogens with zero attached hydrogens (tertiary/aromatic N) is 4. The number of methoxy groups -OCH3 is 1. The van der Waals surface area contributed by atoms with Crippen LogP contribution in [0, 0.1) is 6.92 Å². The summed E-state index contributed by atoms with van der Waals surface area (Å²) in [5.41, 5.74) is 1.63. The van der Waals surface area contributed by atoms with Crippen molar-refractivity contribution in [3.8, 4) is 0 Å². The molecule has 0 radical (unpaired) electrons. The van der Waals surface area contributed by atoms with Gasteiger partial charge in [-0.25, -0.2) is 22.8 Å². The first-order chi connectivity index (χ1) is 13.0. The van der Waals surface area contributed by atoms with Crippen LogP contribution in [0.4, 0.5) is 0 Å². The van der Waals surface area contributed by atoms with Crippen molar-refractivity contribution in [1.29, 1.82) is 0 Å². The Bertz CT molecular complexity index is 1090. The van der Waals surface area contributed by atoms with Crippen LogP contribution in [0.1, 0.15) is 36.1 Å². The van der Waals surface area contributed by atoms with Crippen LogP contribution in [0.25, 0.3) is 10.9 Å². The van der Waals surface area contributed by atoms with Crippen LogP contribution < -0.4 is 4.72 Å². The summed E-state index contributed by atoms with van der Waals surface area (Å²) in [5, 5.41) is 5.00. The minimum atomic E-state index is -3.75. The Hall–Kier alpha value is -2.36. The van der Waals surface area contributed by atoms with E-state index in [9.17, 15) is 8.42 Å². The third-order valence-electron chi connectivity index (χ3n) is 4.71. The zero-order chi connectivity index (χ0) is 19.0. The predicted octanol–water partition coefficient (Wildman–Crippen LogP) is 2.09. The summed E-state index contributed by atoms with van der Waals surface area (Å²) in [6.45, 7) is 2.94. The second kappa shape index (κ2) is 6.99. The van der Waals surface area contributed by atoms with Gasteiger partial charge in [0, 0.05) is 25.2 Å². The molecule has 0 unspecified atom stereocenters. The number of aryl methyl sites for hydroxylation is 2. The van der Waals surface area contributed by atoms with Gasteiger partial charge in [-0.15, -0.1) is 0 Å². The highest BCUT2D eigenvalue weighted by Crippen LogP contribution is 2.28. The summed E-state index contributed by atoms with van der Waals surface area (Å²) in [6.07, 6.45) is 3.17. The van der Waals surface area contributed by atoms with Crippen LogP contribution in [-0.2, 0) is 27.9 Å². The first-order valence-corrected chi connectivity index (χ1v) is 10.3. The second-order valence-electron chi connectivity index (χ2n) is 6.64. The van der Waals surface area contributed by atoms with Crippen molar-refractivity contribution in [3.05, 3.63) is 47.7 Å². The average Bonchev–Trinajstić information content (AvgIpc) is 3.06. The van der Waals surface area contributed by atoms with E-state index in [1.54, 1.807) is 42.3 Å². The monoisotopic (exact) mass is 387 g/mol. The largest absolute Gasteiger partial charge is 0.377 e. The Morgan fingerprint density at radius 1 is 1.33 bits per heavy atom. The molecule has 1 aliphatic heterocycles. The van der Waals surface area contributed by atoms with Crippen molar-refractivity contribution in [2.45, 2.75) is 43.9 Å². The molecule has 1 aromatic carbocycles. The van der Waals surface area contributed by atoms with Crippen molar-refractivity contribution in [1.82, 2.24) is 24.5 Å². The maximum absolute atomic E-state index is 13.1. The standard InChI is InChI=1S/C18H21N5O3S/c1-12-7-8-15(13-5-3-9-19-17(12)13)27(24,25)22-14-6-4-10-23-18(14)20-16(21-23)11-26-2/h3,5,7-9,14,22H,4,6,10-11H2,1-2H3/t14-/m0/s1. The van der Waals surface area contributed by atoms with E-state index in [1.165, 1.54) is 0 Å². The number of pyridine rings is 1. The Kier molecular flexibility index (Phi) is 4.67. The summed E-state index contributed by atoms with van der Waals surface area (Å²) in [4.78, 5) is 9.02. The molecule has 4 rings (SSSR count). The maximum Gasteiger partial charge on any atom is 0.241 e. The van der Waals surface area contributed by atoms with Crippen molar-refractivity contribution in [3.63, 3.8) is 0 Å². The summed E-state index contributed by atoms with van der Waals surface area (Å²) in [6, 6.07) is 6.52. The zero-order valence-corrected chi connectivity index (χ0v) is 16.0. The smallest absolute Gasteiger partial charge is 0.241 e. The van der Waals surface area contributed by atoms with Crippen molar-refractivity contribution >= 4 is 20.9 Å². The van der Waals surface area contributed by atoms with Gasteiger partial charge in [-0.1, -0.05) is 6.07 Å². The molecular formula is C18H21N5O3S. The summed E-state index contributed by atoms with van der Waals surface area (Å²) < 4.78 is 36.0. The Morgan fingerprint density at radius 3 is 3.00 bits per heavy atom. The third-order valence-corrected chi connectivity index (χ3v) is 6.24. The molecule has 3 heterocycles. The lowest BCUT2D eigenvalue weighted by atomic mass is 10.1. The molecule has 142 valence electrons. The van der Waals surface area contributed by atoms with Crippen LogP contribution in [0.5, 0.6) is 0 Å². The molecule has 1 N–H and O–H groups in total. The van der Waals surface area contributed by atoms with Gasteiger partial charge in [-0.05, 0) is 43.5 Å². The summed E-state index contributed by atoms with van der Waals surface area (Å²) >= 11 is 0. The number of sulfonamides is 1. The molecule has 0 bridgehead atoms. The number of benzene rings is 1. The number of aromatic nitrogens is 4. The fourth-order valence-electron chi connectivity index (χ4n) is 3.47. The minimum Gasteiger partial charge on any atom is -0.377 e. The van der Waals surface area contributed by atoms with E-state index in [0.29, 0.717) is 35.6 Å². The van der Waals surface area contributed by atoms with E-state index in [1.807, 2.05) is 6.92 Å². The van der Waals surface area contributed by atoms with Gasteiger partial charge in [0.25, 0.3) is 0 Å². The first-order valence-electron chi connectivity index (χ1n) is 8.79. The van der Waals surface area contributed by atoms with Gasteiger partial charge in [-0.2, -0.15) is 5.10 Å². The average molecular weight is 387 g/mol. The van der Waals surface area contributed by atoms with Gasteiger partial charge in [0.1, 0.15) is 12.4 Å². The van der Waals surface area contributed by atoms with Crippen LogP contribution in [0.15, 0.2) is 35.4 Å². The maximum atomic E-state index is 13.1. The predicted molar refractivity (Wildman–Crippen MR) is 99.5 cm³/mol. The Morgan fingerprint density at radius 2 is 2.19 bits per heavy atom. The molecule has 3 aromatic rings. The fourth-order valence-corrected chi connectivity index (χ4v) is 4.90. The Balaban J connectivity index is 1.71. The molecule has 2 aromatic heterocycles. The number of hydrogen-bond acceptors (Lipinski definition) is 6. The molecule has 0 saturated carbocycles. The molecule has 9 heteroatoms. The molecule has 0 amide bonds. The number of hydrogen-bond donors (Lipinski definition) is 1. The fraction of sp³-hybridized carbons (Fsp3) is 0.389. The normalized spacial score (nSPS) is 17.2. The molecule has 0 spiro atoms. The molecule has 0 fully saturated rings. The first kappa shape index (κ1) is 18.0. The highest BCUT2D eigenvalue weighted by molar-refractivity contribution is 7.89. The molecule has 1 aliphatic rings. The SMILES string of the molecule is COCc1nc2n(n1)CCC[C@@H]2NS(=O)(=O)c1ccc(C)c2ncccc12. The Labute approximate surface area is 157 Å². The van der Waals surface area contributed by atoms with Gasteiger partial charge in [0.05, 0.1) is 16.5 Å². The number of rotatable bonds is 5. The van der Waals surface area contributed by atoms with Gasteiger partial charge in [0.15, 0.2) is 5.82 Å². The van der Waals surface area contributed by atoms with E-state index in [4.69, 9.17) is 4.74 Å². The van der Waals surface area contributed by atoms with E-state index in [0.717, 1.165) is 18.5 Å². The number of fused-ring (bicyclic) bond motifs is 2. The van der Waals surface area contributed by atoms with E-state index in [2.05, 4.69) is 19.8 Å². The van der Waals surface area contributed by atoms with Crippen molar-refractivity contribution in [2.24, 2.45) is 0 Å². The molecule has 0 saturated heterocycles. The van der Waals surface area contributed by atoms with Gasteiger partial charge in [-0.3, -0.25) is 4.98 Å². The molecule has 8 nitrogen and oxygen atoms in total. The van der Waals surface area contributed by atoms with Crippen LogP contribution in [0.2, 0.25) is 0 Å². The quantitative estimate of drug-likeness (QED) is 0.720. The zero-order valence-electron chi connectivity index (χ0n) is 15.2. The van der Waals surface area contributed by atoms with Gasteiger partial charge >= 0.3 is 0 Å². The molecular weight excluding hydrogens is 366 g/mol. The molecule has 1 atom stereocenters. The summed E-state index contributed by atoms with van der Waals surface area (Å²) in [7, 11) is -2.17. The molecule has 0 aliphatic carbocycles. The van der Waals surface area contributed by atoms with Crippen LogP contribution in [0.3, 0.4) is 0 Å². The van der Waals surface area contributed by atoms with E-state index >= 15 is 0 Å². The number of nitrogens with one attached hydrogen (secondary N) is 1. The second-order valence-corrected chi connectivity index (χ2v) is 8.32. The van der Waals surface area contributed by atoms with E-state index in [-0.39, 0.29) is 4.90 Å². The lowest BCUT2D eigenvalue weighted by Gasteiger charge is -2.23.